The summed E-state index contributed by atoms with van der Waals surface area (Å²) in [5.74, 6) is -0.860. The maximum atomic E-state index is 13.8. The van der Waals surface area contributed by atoms with E-state index in [1.54, 1.807) is 37.3 Å². The van der Waals surface area contributed by atoms with Gasteiger partial charge in [0.2, 0.25) is 5.78 Å². The molecule has 4 aromatic rings. The number of benzene rings is 2. The van der Waals surface area contributed by atoms with Crippen LogP contribution in [0.4, 0.5) is 5.82 Å². The average molecular weight is 487 g/mol. The fraction of sp³-hybridized carbons (Fsp3) is 0.250. The van der Waals surface area contributed by atoms with Crippen LogP contribution < -0.4 is 9.64 Å². The molecule has 2 aromatic carbocycles. The van der Waals surface area contributed by atoms with Crippen molar-refractivity contribution in [2.24, 2.45) is 0 Å². The highest BCUT2D eigenvalue weighted by Crippen LogP contribution is 2.43. The molecule has 0 saturated heterocycles. The molecule has 8 nitrogen and oxygen atoms in total. The maximum absolute atomic E-state index is 13.8. The lowest BCUT2D eigenvalue weighted by Crippen LogP contribution is -2.31. The summed E-state index contributed by atoms with van der Waals surface area (Å²) in [5.41, 5.74) is 1.95. The Labute approximate surface area is 207 Å². The van der Waals surface area contributed by atoms with E-state index in [9.17, 15) is 14.7 Å². The number of hydrogen-bond donors (Lipinski definition) is 1. The first-order valence-electron chi connectivity index (χ1n) is 11.5. The average Bonchev–Trinajstić information content (AvgIpc) is 3.54. The predicted molar refractivity (Wildman–Crippen MR) is 133 cm³/mol. The van der Waals surface area contributed by atoms with Crippen molar-refractivity contribution in [2.75, 3.05) is 12.0 Å². The number of Topliss-reactive ketones (excluding diaryl/α,β-unsaturated/α-hetero) is 1. The van der Waals surface area contributed by atoms with Crippen LogP contribution in [0, 0.1) is 6.92 Å². The van der Waals surface area contributed by atoms with E-state index in [0.717, 1.165) is 5.56 Å². The van der Waals surface area contributed by atoms with E-state index in [0.29, 0.717) is 28.0 Å². The number of hydrogen-bond acceptors (Lipinski definition) is 7. The van der Waals surface area contributed by atoms with Crippen molar-refractivity contribution < 1.29 is 28.4 Å². The quantitative estimate of drug-likeness (QED) is 0.354. The van der Waals surface area contributed by atoms with Crippen molar-refractivity contribution in [3.63, 3.8) is 0 Å². The van der Waals surface area contributed by atoms with Crippen molar-refractivity contribution in [3.8, 4) is 5.75 Å². The third-order valence-corrected chi connectivity index (χ3v) is 6.36. The van der Waals surface area contributed by atoms with Crippen molar-refractivity contribution in [2.45, 2.75) is 39.2 Å². The zero-order valence-corrected chi connectivity index (χ0v) is 20.7. The molecular formula is C28H26N2O6. The fourth-order valence-electron chi connectivity index (χ4n) is 4.46. The second-order valence-corrected chi connectivity index (χ2v) is 9.83. The van der Waals surface area contributed by atoms with E-state index in [1.807, 2.05) is 24.3 Å². The lowest BCUT2D eigenvalue weighted by Gasteiger charge is -2.25. The molecule has 2 aromatic heterocycles. The van der Waals surface area contributed by atoms with Gasteiger partial charge in [-0.15, -0.1) is 0 Å². The number of methoxy groups -OCH3 is 1. The minimum atomic E-state index is -0.932. The van der Waals surface area contributed by atoms with E-state index in [2.05, 4.69) is 25.9 Å². The summed E-state index contributed by atoms with van der Waals surface area (Å²) in [4.78, 5) is 28.3. The minimum Gasteiger partial charge on any atom is -0.503 e. The number of furan rings is 1. The number of ether oxygens (including phenoxy) is 1. The summed E-state index contributed by atoms with van der Waals surface area (Å²) in [6, 6.07) is 15.1. The number of aliphatic hydroxyl groups excluding tert-OH is 1. The third-order valence-electron chi connectivity index (χ3n) is 6.36. The van der Waals surface area contributed by atoms with E-state index >= 15 is 0 Å². The molecule has 8 heteroatoms. The van der Waals surface area contributed by atoms with E-state index in [-0.39, 0.29) is 22.6 Å². The van der Waals surface area contributed by atoms with Gasteiger partial charge in [0.05, 0.1) is 18.7 Å². The molecule has 0 saturated carbocycles. The van der Waals surface area contributed by atoms with Crippen LogP contribution in [0.15, 0.2) is 74.9 Å². The second-order valence-electron chi connectivity index (χ2n) is 9.83. The number of ketones is 1. The van der Waals surface area contributed by atoms with Crippen molar-refractivity contribution in [1.82, 2.24) is 5.16 Å². The van der Waals surface area contributed by atoms with E-state index in [4.69, 9.17) is 13.7 Å². The van der Waals surface area contributed by atoms with E-state index in [1.165, 1.54) is 12.0 Å². The van der Waals surface area contributed by atoms with Crippen molar-refractivity contribution in [1.29, 1.82) is 0 Å². The van der Waals surface area contributed by atoms with Gasteiger partial charge in [-0.3, -0.25) is 14.5 Å². The standard InChI is InChI=1S/C28H26N2O6/c1-15-13-21(29-36-15)30-23(16-9-11-18(12-10-16)28(2,3)4)22(25(32)27(30)33)24(31)20-14-17-7-6-8-19(34-5)26(17)35-20/h6-14,23,32H,1-5H3. The number of nitrogens with zero attached hydrogens (tertiary/aromatic N) is 2. The highest BCUT2D eigenvalue weighted by Gasteiger charge is 2.46. The number of fused-ring (bicyclic) bond motifs is 1. The minimum absolute atomic E-state index is 0.0154. The number of amides is 1. The number of rotatable bonds is 5. The molecule has 0 aliphatic carbocycles. The SMILES string of the molecule is COc1cccc2cc(C(=O)C3=C(O)C(=O)N(c4cc(C)on4)C3c3ccc(C(C)(C)C)cc3)oc12. The fourth-order valence-corrected chi connectivity index (χ4v) is 4.46. The molecule has 0 fully saturated rings. The summed E-state index contributed by atoms with van der Waals surface area (Å²) >= 11 is 0. The van der Waals surface area contributed by atoms with Crippen LogP contribution in [0.5, 0.6) is 5.75 Å². The van der Waals surface area contributed by atoms with Crippen LogP contribution >= 0.6 is 0 Å². The summed E-state index contributed by atoms with van der Waals surface area (Å²) in [5, 5.41) is 15.6. The number of aliphatic hydroxyl groups is 1. The van der Waals surface area contributed by atoms with Crippen LogP contribution in [0.2, 0.25) is 0 Å². The molecule has 0 bridgehead atoms. The Balaban J connectivity index is 1.65. The molecular weight excluding hydrogens is 460 g/mol. The van der Waals surface area contributed by atoms with Gasteiger partial charge in [0.1, 0.15) is 5.76 Å². The molecule has 36 heavy (non-hydrogen) atoms. The van der Waals surface area contributed by atoms with Gasteiger partial charge in [0.15, 0.2) is 28.7 Å². The number of carbonyl (C=O) groups excluding carboxylic acids is 2. The Morgan fingerprint density at radius 2 is 1.83 bits per heavy atom. The molecule has 1 aliphatic heterocycles. The molecule has 0 radical (unpaired) electrons. The number of anilines is 1. The van der Waals surface area contributed by atoms with Crippen LogP contribution in [-0.2, 0) is 10.2 Å². The van der Waals surface area contributed by atoms with Crippen LogP contribution in [-0.4, -0.2) is 29.1 Å². The first kappa shape index (κ1) is 23.4. The summed E-state index contributed by atoms with van der Waals surface area (Å²) in [6.07, 6.45) is 0. The lowest BCUT2D eigenvalue weighted by atomic mass is 9.85. The number of para-hydroxylation sites is 1. The monoisotopic (exact) mass is 486 g/mol. The molecule has 184 valence electrons. The molecule has 0 spiro atoms. The molecule has 3 heterocycles. The van der Waals surface area contributed by atoms with Gasteiger partial charge in [-0.1, -0.05) is 62.3 Å². The highest BCUT2D eigenvalue weighted by atomic mass is 16.5. The Morgan fingerprint density at radius 1 is 1.11 bits per heavy atom. The highest BCUT2D eigenvalue weighted by molar-refractivity contribution is 6.20. The Morgan fingerprint density at radius 3 is 2.44 bits per heavy atom. The number of carbonyl (C=O) groups is 2. The molecule has 1 N–H and O–H groups in total. The van der Waals surface area contributed by atoms with E-state index < -0.39 is 23.5 Å². The van der Waals surface area contributed by atoms with Crippen LogP contribution in [0.1, 0.15) is 54.3 Å². The predicted octanol–water partition coefficient (Wildman–Crippen LogP) is 5.82. The zero-order valence-electron chi connectivity index (χ0n) is 20.7. The molecule has 1 unspecified atom stereocenters. The largest absolute Gasteiger partial charge is 0.503 e. The second kappa shape index (κ2) is 8.41. The molecule has 1 atom stereocenters. The van der Waals surface area contributed by atoms with Crippen LogP contribution in [0.25, 0.3) is 11.0 Å². The molecule has 5 rings (SSSR count). The van der Waals surface area contributed by atoms with Gasteiger partial charge < -0.3 is 18.8 Å². The Kier molecular flexibility index (Phi) is 5.47. The van der Waals surface area contributed by atoms with Gasteiger partial charge in [0, 0.05) is 11.5 Å². The van der Waals surface area contributed by atoms with Gasteiger partial charge >= 0.3 is 0 Å². The summed E-state index contributed by atoms with van der Waals surface area (Å²) in [6.45, 7) is 8.00. The lowest BCUT2D eigenvalue weighted by molar-refractivity contribution is -0.117. The normalized spacial score (nSPS) is 16.3. The summed E-state index contributed by atoms with van der Waals surface area (Å²) in [7, 11) is 1.51. The van der Waals surface area contributed by atoms with Gasteiger partial charge in [-0.25, -0.2) is 0 Å². The van der Waals surface area contributed by atoms with Gasteiger partial charge in [-0.05, 0) is 35.6 Å². The van der Waals surface area contributed by atoms with Gasteiger partial charge in [-0.2, -0.15) is 0 Å². The van der Waals surface area contributed by atoms with Crippen molar-refractivity contribution in [3.05, 3.63) is 88.6 Å². The van der Waals surface area contributed by atoms with Crippen LogP contribution in [0.3, 0.4) is 0 Å². The number of aryl methyl sites for hydroxylation is 1. The molecule has 1 amide bonds. The Hall–Kier alpha value is -4.33. The molecule has 1 aliphatic rings. The zero-order chi connectivity index (χ0) is 25.8. The van der Waals surface area contributed by atoms with Crippen molar-refractivity contribution >= 4 is 28.5 Å². The Bertz CT molecular complexity index is 1520. The topological polar surface area (TPSA) is 106 Å². The maximum Gasteiger partial charge on any atom is 0.295 e. The first-order chi connectivity index (χ1) is 17.1. The third kappa shape index (κ3) is 3.75. The summed E-state index contributed by atoms with van der Waals surface area (Å²) < 4.78 is 16.4. The smallest absolute Gasteiger partial charge is 0.295 e. The number of aromatic nitrogens is 1. The first-order valence-corrected chi connectivity index (χ1v) is 11.5. The van der Waals surface area contributed by atoms with Gasteiger partial charge in [0.25, 0.3) is 5.91 Å².